The smallest absolute Gasteiger partial charge is 0.292 e. The first kappa shape index (κ1) is 19.4. The molecular weight excluding hydrogens is 375 g/mol. The third-order valence-electron chi connectivity index (χ3n) is 4.27. The maximum atomic E-state index is 12.8. The first-order valence-electron chi connectivity index (χ1n) is 8.29. The summed E-state index contributed by atoms with van der Waals surface area (Å²) in [6.45, 7) is 0.635. The lowest BCUT2D eigenvalue weighted by Crippen LogP contribution is -2.32. The number of hydrogen-bond acceptors (Lipinski definition) is 3. The molecule has 0 aromatic heterocycles. The van der Waals surface area contributed by atoms with Crippen LogP contribution in [-0.2, 0) is 11.0 Å². The van der Waals surface area contributed by atoms with Crippen LogP contribution in [0.25, 0.3) is 6.08 Å². The van der Waals surface area contributed by atoms with Gasteiger partial charge in [0.05, 0.1) is 11.3 Å². The number of carbonyl (C=O) groups is 2. The van der Waals surface area contributed by atoms with Gasteiger partial charge in [-0.3, -0.25) is 19.8 Å². The number of alkyl halides is 3. The Morgan fingerprint density at radius 3 is 2.32 bits per heavy atom. The summed E-state index contributed by atoms with van der Waals surface area (Å²) < 4.78 is 38.2. The first-order valence-corrected chi connectivity index (χ1v) is 8.29. The number of anilines is 2. The fourth-order valence-electron chi connectivity index (χ4n) is 2.91. The van der Waals surface area contributed by atoms with Crippen molar-refractivity contribution in [2.75, 3.05) is 22.9 Å². The van der Waals surface area contributed by atoms with E-state index in [1.165, 1.54) is 33.5 Å². The SMILES string of the molecule is O=C(C=Cc1ccccc1N1CCN(c2ccc(C(F)(F)F)cc2)C1=O)NO. The van der Waals surface area contributed by atoms with E-state index in [2.05, 4.69) is 0 Å². The van der Waals surface area contributed by atoms with E-state index in [9.17, 15) is 22.8 Å². The number of benzene rings is 2. The van der Waals surface area contributed by atoms with Crippen LogP contribution in [0.4, 0.5) is 29.3 Å². The van der Waals surface area contributed by atoms with Crippen molar-refractivity contribution < 1.29 is 28.0 Å². The second kappa shape index (κ2) is 7.73. The normalized spacial score (nSPS) is 14.8. The van der Waals surface area contributed by atoms with Crippen molar-refractivity contribution in [3.63, 3.8) is 0 Å². The second-order valence-electron chi connectivity index (χ2n) is 6.00. The predicted octanol–water partition coefficient (Wildman–Crippen LogP) is 3.67. The molecule has 2 N–H and O–H groups in total. The van der Waals surface area contributed by atoms with E-state index in [4.69, 9.17) is 5.21 Å². The maximum Gasteiger partial charge on any atom is 0.416 e. The van der Waals surface area contributed by atoms with Crippen LogP contribution in [0.2, 0.25) is 0 Å². The average Bonchev–Trinajstić information content (AvgIpc) is 3.07. The van der Waals surface area contributed by atoms with Crippen molar-refractivity contribution in [3.05, 3.63) is 65.7 Å². The van der Waals surface area contributed by atoms with Gasteiger partial charge < -0.3 is 0 Å². The molecule has 2 aromatic rings. The van der Waals surface area contributed by atoms with Crippen molar-refractivity contribution in [1.29, 1.82) is 0 Å². The van der Waals surface area contributed by atoms with Crippen LogP contribution in [0.5, 0.6) is 0 Å². The minimum absolute atomic E-state index is 0.305. The largest absolute Gasteiger partial charge is 0.416 e. The number of amides is 3. The van der Waals surface area contributed by atoms with E-state index in [1.54, 1.807) is 24.3 Å². The molecule has 2 aromatic carbocycles. The van der Waals surface area contributed by atoms with Crippen LogP contribution in [0.3, 0.4) is 0 Å². The Bertz CT molecular complexity index is 911. The van der Waals surface area contributed by atoms with Gasteiger partial charge in [-0.25, -0.2) is 10.3 Å². The number of hydroxylamine groups is 1. The molecule has 0 unspecified atom stereocenters. The number of nitrogens with zero attached hydrogens (tertiary/aromatic N) is 2. The molecular formula is C19H16F3N3O3. The number of para-hydroxylation sites is 1. The van der Waals surface area contributed by atoms with E-state index in [1.807, 2.05) is 0 Å². The Balaban J connectivity index is 1.83. The van der Waals surface area contributed by atoms with Gasteiger partial charge in [0.25, 0.3) is 5.91 Å². The third kappa shape index (κ3) is 3.99. The van der Waals surface area contributed by atoms with Crippen molar-refractivity contribution >= 4 is 29.4 Å². The second-order valence-corrected chi connectivity index (χ2v) is 6.00. The summed E-state index contributed by atoms with van der Waals surface area (Å²) in [5.41, 5.74) is 2.19. The Kier molecular flexibility index (Phi) is 5.36. The van der Waals surface area contributed by atoms with Crippen molar-refractivity contribution in [2.24, 2.45) is 0 Å². The highest BCUT2D eigenvalue weighted by atomic mass is 19.4. The molecule has 1 aliphatic rings. The van der Waals surface area contributed by atoms with E-state index in [-0.39, 0.29) is 6.03 Å². The zero-order valence-electron chi connectivity index (χ0n) is 14.5. The zero-order chi connectivity index (χ0) is 20.3. The number of urea groups is 1. The molecule has 6 nitrogen and oxygen atoms in total. The van der Waals surface area contributed by atoms with Crippen molar-refractivity contribution in [2.45, 2.75) is 6.18 Å². The lowest BCUT2D eigenvalue weighted by atomic mass is 10.1. The fourth-order valence-corrected chi connectivity index (χ4v) is 2.91. The molecule has 0 radical (unpaired) electrons. The van der Waals surface area contributed by atoms with Gasteiger partial charge in [-0.2, -0.15) is 13.2 Å². The average molecular weight is 391 g/mol. The molecule has 0 spiro atoms. The monoisotopic (exact) mass is 391 g/mol. The minimum Gasteiger partial charge on any atom is -0.292 e. The fraction of sp³-hybridized carbons (Fsp3) is 0.158. The number of rotatable bonds is 4. The molecule has 3 amide bonds. The lowest BCUT2D eigenvalue weighted by Gasteiger charge is -2.20. The van der Waals surface area contributed by atoms with Gasteiger partial charge in [-0.15, -0.1) is 0 Å². The highest BCUT2D eigenvalue weighted by Crippen LogP contribution is 2.32. The van der Waals surface area contributed by atoms with Gasteiger partial charge in [0.15, 0.2) is 0 Å². The summed E-state index contributed by atoms with van der Waals surface area (Å²) in [5, 5.41) is 8.57. The Hall–Kier alpha value is -3.33. The standard InChI is InChI=1S/C19H16F3N3O3/c20-19(21,22)14-6-8-15(9-7-14)24-11-12-25(18(24)27)16-4-2-1-3-13(16)5-10-17(26)23-28/h1-10,28H,11-12H2,(H,23,26). The highest BCUT2D eigenvalue weighted by molar-refractivity contribution is 6.07. The van der Waals surface area contributed by atoms with Crippen LogP contribution < -0.4 is 15.3 Å². The number of halogens is 3. The van der Waals surface area contributed by atoms with Gasteiger partial charge in [0, 0.05) is 24.9 Å². The van der Waals surface area contributed by atoms with Crippen LogP contribution in [0, 0.1) is 0 Å². The van der Waals surface area contributed by atoms with Crippen LogP contribution in [-0.4, -0.2) is 30.2 Å². The molecule has 28 heavy (non-hydrogen) atoms. The topological polar surface area (TPSA) is 72.9 Å². The zero-order valence-corrected chi connectivity index (χ0v) is 14.5. The summed E-state index contributed by atoms with van der Waals surface area (Å²) in [5.74, 6) is -0.714. The van der Waals surface area contributed by atoms with Gasteiger partial charge in [-0.05, 0) is 42.0 Å². The quantitative estimate of drug-likeness (QED) is 0.475. The van der Waals surface area contributed by atoms with Crippen LogP contribution >= 0.6 is 0 Å². The Morgan fingerprint density at radius 2 is 1.68 bits per heavy atom. The van der Waals surface area contributed by atoms with E-state index < -0.39 is 17.6 Å². The van der Waals surface area contributed by atoms with Crippen LogP contribution in [0.15, 0.2) is 54.6 Å². The Morgan fingerprint density at radius 1 is 1.04 bits per heavy atom. The van der Waals surface area contributed by atoms with E-state index >= 15 is 0 Å². The van der Waals surface area contributed by atoms with E-state index in [0.717, 1.165) is 18.2 Å². The number of hydrogen-bond donors (Lipinski definition) is 2. The first-order chi connectivity index (χ1) is 13.3. The molecule has 9 heteroatoms. The van der Waals surface area contributed by atoms with E-state index in [0.29, 0.717) is 30.0 Å². The van der Waals surface area contributed by atoms with Gasteiger partial charge in [0.1, 0.15) is 0 Å². The summed E-state index contributed by atoms with van der Waals surface area (Å²) in [6.07, 6.45) is -1.87. The van der Waals surface area contributed by atoms with Crippen molar-refractivity contribution in [3.8, 4) is 0 Å². The molecule has 0 aliphatic carbocycles. The molecule has 1 saturated heterocycles. The number of nitrogens with one attached hydrogen (secondary N) is 1. The van der Waals surface area contributed by atoms with Gasteiger partial charge >= 0.3 is 12.2 Å². The maximum absolute atomic E-state index is 12.8. The molecule has 0 atom stereocenters. The number of carbonyl (C=O) groups excluding carboxylic acids is 2. The lowest BCUT2D eigenvalue weighted by molar-refractivity contribution is -0.137. The van der Waals surface area contributed by atoms with Gasteiger partial charge in [-0.1, -0.05) is 18.2 Å². The molecule has 1 fully saturated rings. The van der Waals surface area contributed by atoms with Crippen LogP contribution in [0.1, 0.15) is 11.1 Å². The Labute approximate surface area is 158 Å². The molecule has 0 saturated carbocycles. The summed E-state index contributed by atoms with van der Waals surface area (Å²) >= 11 is 0. The predicted molar refractivity (Wildman–Crippen MR) is 96.9 cm³/mol. The molecule has 0 bridgehead atoms. The molecule has 1 heterocycles. The third-order valence-corrected chi connectivity index (χ3v) is 4.27. The van der Waals surface area contributed by atoms with Gasteiger partial charge in [0.2, 0.25) is 0 Å². The summed E-state index contributed by atoms with van der Waals surface area (Å²) in [7, 11) is 0. The minimum atomic E-state index is -4.44. The highest BCUT2D eigenvalue weighted by Gasteiger charge is 2.33. The summed E-state index contributed by atoms with van der Waals surface area (Å²) in [6, 6.07) is 10.9. The summed E-state index contributed by atoms with van der Waals surface area (Å²) in [4.78, 5) is 26.9. The molecule has 3 rings (SSSR count). The molecule has 1 aliphatic heterocycles. The molecule has 146 valence electrons. The van der Waals surface area contributed by atoms with Crippen molar-refractivity contribution in [1.82, 2.24) is 5.48 Å².